The van der Waals surface area contributed by atoms with E-state index >= 15 is 0 Å². The summed E-state index contributed by atoms with van der Waals surface area (Å²) < 4.78 is 12.2. The molecule has 0 spiro atoms. The van der Waals surface area contributed by atoms with Crippen LogP contribution in [-0.4, -0.2) is 17.0 Å². The van der Waals surface area contributed by atoms with Crippen LogP contribution in [0.4, 0.5) is 0 Å². The van der Waals surface area contributed by atoms with Gasteiger partial charge in [0.15, 0.2) is 5.78 Å². The number of ketones is 1. The first-order chi connectivity index (χ1) is 12.7. The molecule has 0 radical (unpaired) electrons. The molecule has 0 saturated heterocycles. The minimum atomic E-state index is -0.428. The van der Waals surface area contributed by atoms with Crippen molar-refractivity contribution in [1.29, 1.82) is 0 Å². The van der Waals surface area contributed by atoms with Crippen LogP contribution < -0.4 is 9.47 Å². The minimum Gasteiger partial charge on any atom is -0.488 e. The number of rotatable bonds is 4. The molecule has 152 valence electrons. The van der Waals surface area contributed by atoms with Gasteiger partial charge in [0, 0.05) is 11.6 Å². The Hall–Kier alpha value is -2.29. The molecule has 0 N–H and O–H groups in total. The third kappa shape index (κ3) is 5.15. The maximum absolute atomic E-state index is 13.5. The van der Waals surface area contributed by atoms with E-state index in [1.807, 2.05) is 73.6 Å². The topological polar surface area (TPSA) is 35.5 Å². The number of aryl methyl sites for hydroxylation is 2. The molecule has 0 fully saturated rings. The third-order valence-corrected chi connectivity index (χ3v) is 4.62. The maximum Gasteiger partial charge on any atom is 0.197 e. The molecule has 0 atom stereocenters. The Morgan fingerprint density at radius 2 is 1.32 bits per heavy atom. The summed E-state index contributed by atoms with van der Waals surface area (Å²) in [7, 11) is 0. The molecule has 2 aromatic carbocycles. The van der Waals surface area contributed by atoms with Crippen LogP contribution in [0.2, 0.25) is 0 Å². The lowest BCUT2D eigenvalue weighted by Gasteiger charge is -2.26. The molecule has 0 aromatic heterocycles. The van der Waals surface area contributed by atoms with Gasteiger partial charge in [-0.25, -0.2) is 0 Å². The van der Waals surface area contributed by atoms with Crippen molar-refractivity contribution < 1.29 is 14.3 Å². The first-order valence-electron chi connectivity index (χ1n) is 9.84. The summed E-state index contributed by atoms with van der Waals surface area (Å²) in [6.07, 6.45) is 0. The van der Waals surface area contributed by atoms with E-state index in [2.05, 4.69) is 19.9 Å². The van der Waals surface area contributed by atoms with Crippen molar-refractivity contribution in [2.45, 2.75) is 80.4 Å². The molecule has 0 bridgehead atoms. The predicted octanol–water partition coefficient (Wildman–Crippen LogP) is 6.51. The van der Waals surface area contributed by atoms with Crippen molar-refractivity contribution in [3.8, 4) is 11.5 Å². The van der Waals surface area contributed by atoms with E-state index in [0.29, 0.717) is 17.1 Å². The number of benzene rings is 2. The summed E-state index contributed by atoms with van der Waals surface area (Å²) >= 11 is 0. The van der Waals surface area contributed by atoms with Gasteiger partial charge in [0.1, 0.15) is 22.7 Å². The second-order valence-electron chi connectivity index (χ2n) is 9.55. The average Bonchev–Trinajstić information content (AvgIpc) is 2.49. The van der Waals surface area contributed by atoms with E-state index in [4.69, 9.17) is 9.47 Å². The van der Waals surface area contributed by atoms with E-state index in [9.17, 15) is 4.79 Å². The van der Waals surface area contributed by atoms with Crippen molar-refractivity contribution >= 4 is 5.78 Å². The van der Waals surface area contributed by atoms with E-state index in [1.54, 1.807) is 0 Å². The molecule has 0 amide bonds. The fourth-order valence-electron chi connectivity index (χ4n) is 3.29. The first-order valence-corrected chi connectivity index (χ1v) is 9.84. The van der Waals surface area contributed by atoms with Gasteiger partial charge in [0.2, 0.25) is 0 Å². The van der Waals surface area contributed by atoms with Crippen molar-refractivity contribution in [3.05, 3.63) is 57.6 Å². The zero-order valence-electron chi connectivity index (χ0n) is 19.0. The highest BCUT2D eigenvalue weighted by atomic mass is 16.5. The average molecular weight is 383 g/mol. The van der Waals surface area contributed by atoms with E-state index < -0.39 is 5.60 Å². The Morgan fingerprint density at radius 1 is 0.750 bits per heavy atom. The van der Waals surface area contributed by atoms with E-state index in [0.717, 1.165) is 22.3 Å². The number of carbonyl (C=O) groups excluding carboxylic acids is 1. The number of hydrogen-bond donors (Lipinski definition) is 0. The van der Waals surface area contributed by atoms with Gasteiger partial charge in [0.05, 0.1) is 5.56 Å². The Labute approximate surface area is 170 Å². The van der Waals surface area contributed by atoms with Gasteiger partial charge in [-0.3, -0.25) is 4.79 Å². The monoisotopic (exact) mass is 382 g/mol. The van der Waals surface area contributed by atoms with Gasteiger partial charge < -0.3 is 9.47 Å². The van der Waals surface area contributed by atoms with Gasteiger partial charge in [-0.1, -0.05) is 6.07 Å². The lowest BCUT2D eigenvalue weighted by Crippen LogP contribution is -2.25. The zero-order valence-corrected chi connectivity index (χ0v) is 19.0. The minimum absolute atomic E-state index is 0.0142. The van der Waals surface area contributed by atoms with Crippen LogP contribution in [-0.2, 0) is 0 Å². The van der Waals surface area contributed by atoms with Crippen LogP contribution in [0.25, 0.3) is 0 Å². The molecule has 2 rings (SSSR count). The Kier molecular flexibility index (Phi) is 5.98. The largest absolute Gasteiger partial charge is 0.488 e. The van der Waals surface area contributed by atoms with E-state index in [-0.39, 0.29) is 11.4 Å². The lowest BCUT2D eigenvalue weighted by atomic mass is 9.89. The molecule has 28 heavy (non-hydrogen) atoms. The van der Waals surface area contributed by atoms with Crippen LogP contribution in [0.5, 0.6) is 11.5 Å². The van der Waals surface area contributed by atoms with Crippen LogP contribution in [0.15, 0.2) is 24.3 Å². The van der Waals surface area contributed by atoms with Crippen LogP contribution in [0, 0.1) is 27.7 Å². The zero-order chi connectivity index (χ0) is 21.4. The maximum atomic E-state index is 13.5. The van der Waals surface area contributed by atoms with Crippen molar-refractivity contribution in [2.75, 3.05) is 0 Å². The standard InChI is InChI=1S/C25H34O3/c1-15-13-16(2)22(18(4)17(15)3)23(26)20-12-11-19(27-24(5,6)7)14-21(20)28-25(8,9)10/h11-14H,1-10H3. The smallest absolute Gasteiger partial charge is 0.197 e. The molecule has 0 saturated carbocycles. The summed E-state index contributed by atoms with van der Waals surface area (Å²) in [5.41, 5.74) is 4.93. The normalized spacial score (nSPS) is 12.1. The molecular weight excluding hydrogens is 348 g/mol. The molecule has 3 nitrogen and oxygen atoms in total. The Bertz CT molecular complexity index is 893. The lowest BCUT2D eigenvalue weighted by molar-refractivity contribution is 0.101. The molecule has 0 aliphatic carbocycles. The molecule has 2 aromatic rings. The molecule has 0 aliphatic rings. The molecule has 0 heterocycles. The highest BCUT2D eigenvalue weighted by Crippen LogP contribution is 2.33. The Morgan fingerprint density at radius 3 is 1.86 bits per heavy atom. The second-order valence-corrected chi connectivity index (χ2v) is 9.55. The molecule has 3 heteroatoms. The summed E-state index contributed by atoms with van der Waals surface area (Å²) in [5, 5.41) is 0. The van der Waals surface area contributed by atoms with Gasteiger partial charge in [-0.05, 0) is 104 Å². The fraction of sp³-hybridized carbons (Fsp3) is 0.480. The summed E-state index contributed by atoms with van der Waals surface area (Å²) in [6, 6.07) is 7.57. The molecular formula is C25H34O3. The van der Waals surface area contributed by atoms with Gasteiger partial charge in [-0.15, -0.1) is 0 Å². The third-order valence-electron chi connectivity index (χ3n) is 4.62. The SMILES string of the molecule is Cc1cc(C)c(C(=O)c2ccc(OC(C)(C)C)cc2OC(C)(C)C)c(C)c1C. The number of ether oxygens (including phenoxy) is 2. The van der Waals surface area contributed by atoms with Crippen molar-refractivity contribution in [1.82, 2.24) is 0 Å². The van der Waals surface area contributed by atoms with Crippen LogP contribution in [0.1, 0.15) is 79.7 Å². The van der Waals surface area contributed by atoms with Gasteiger partial charge in [-0.2, -0.15) is 0 Å². The predicted molar refractivity (Wildman–Crippen MR) is 116 cm³/mol. The Balaban J connectivity index is 2.61. The summed E-state index contributed by atoms with van der Waals surface area (Å²) in [6.45, 7) is 20.1. The first kappa shape index (κ1) is 22.0. The number of hydrogen-bond acceptors (Lipinski definition) is 3. The highest BCUT2D eigenvalue weighted by molar-refractivity contribution is 6.12. The van der Waals surface area contributed by atoms with Crippen molar-refractivity contribution in [2.24, 2.45) is 0 Å². The quantitative estimate of drug-likeness (QED) is 0.566. The number of carbonyl (C=O) groups is 1. The van der Waals surface area contributed by atoms with E-state index in [1.165, 1.54) is 5.56 Å². The summed E-state index contributed by atoms with van der Waals surface area (Å²) in [4.78, 5) is 13.5. The van der Waals surface area contributed by atoms with Crippen LogP contribution in [0.3, 0.4) is 0 Å². The van der Waals surface area contributed by atoms with Crippen LogP contribution >= 0.6 is 0 Å². The summed E-state index contributed by atoms with van der Waals surface area (Å²) in [5.74, 6) is 1.23. The molecule has 0 aliphatic heterocycles. The van der Waals surface area contributed by atoms with Crippen molar-refractivity contribution in [3.63, 3.8) is 0 Å². The highest BCUT2D eigenvalue weighted by Gasteiger charge is 2.24. The van der Waals surface area contributed by atoms with Gasteiger partial charge in [0.25, 0.3) is 0 Å². The fourth-order valence-corrected chi connectivity index (χ4v) is 3.29. The van der Waals surface area contributed by atoms with Gasteiger partial charge >= 0.3 is 0 Å². The molecule has 0 unspecified atom stereocenters. The second kappa shape index (κ2) is 7.62.